The average molecular weight is 490 g/mol. The molecule has 35 heavy (non-hydrogen) atoms. The predicted octanol–water partition coefficient (Wildman–Crippen LogP) is 3.48. The van der Waals surface area contributed by atoms with Crippen LogP contribution in [0.15, 0.2) is 76.5 Å². The Balaban J connectivity index is 1.38. The fourth-order valence-electron chi connectivity index (χ4n) is 4.02. The minimum atomic E-state index is -0.360. The Morgan fingerprint density at radius 2 is 1.86 bits per heavy atom. The fraction of sp³-hybridized carbons (Fsp3) is 0.200. The van der Waals surface area contributed by atoms with Crippen molar-refractivity contribution in [1.29, 1.82) is 0 Å². The molecule has 1 aliphatic rings. The van der Waals surface area contributed by atoms with Gasteiger partial charge in [-0.05, 0) is 42.3 Å². The minimum Gasteiger partial charge on any atom is -0.495 e. The van der Waals surface area contributed by atoms with E-state index in [9.17, 15) is 9.59 Å². The molecule has 0 saturated heterocycles. The molecule has 1 N–H and O–H groups in total. The summed E-state index contributed by atoms with van der Waals surface area (Å²) in [5, 5.41) is 12.0. The number of rotatable bonds is 8. The van der Waals surface area contributed by atoms with E-state index in [4.69, 9.17) is 9.15 Å². The first-order valence-electron chi connectivity index (χ1n) is 11.1. The second kappa shape index (κ2) is 10.1. The van der Waals surface area contributed by atoms with Crippen LogP contribution in [0.25, 0.3) is 5.69 Å². The Kier molecular flexibility index (Phi) is 6.53. The first kappa shape index (κ1) is 22.7. The van der Waals surface area contributed by atoms with Crippen LogP contribution < -0.4 is 15.0 Å². The van der Waals surface area contributed by atoms with E-state index in [1.54, 1.807) is 23.8 Å². The molecule has 2 aromatic heterocycles. The molecular weight excluding hydrogens is 466 g/mol. The monoisotopic (exact) mass is 489 g/mol. The van der Waals surface area contributed by atoms with E-state index in [0.29, 0.717) is 29.0 Å². The average Bonchev–Trinajstić information content (AvgIpc) is 3.65. The Hall–Kier alpha value is -4.05. The number of ether oxygens (including phenoxy) is 1. The van der Waals surface area contributed by atoms with Gasteiger partial charge < -0.3 is 19.4 Å². The van der Waals surface area contributed by atoms with Crippen molar-refractivity contribution in [3.05, 3.63) is 84.1 Å². The van der Waals surface area contributed by atoms with Crippen LogP contribution in [0.5, 0.6) is 5.75 Å². The zero-order valence-corrected chi connectivity index (χ0v) is 19.8. The highest BCUT2D eigenvalue weighted by atomic mass is 32.2. The molecule has 0 radical (unpaired) electrons. The van der Waals surface area contributed by atoms with Crippen LogP contribution in [-0.2, 0) is 17.8 Å². The van der Waals surface area contributed by atoms with E-state index in [-0.39, 0.29) is 29.9 Å². The summed E-state index contributed by atoms with van der Waals surface area (Å²) in [7, 11) is 1.59. The summed E-state index contributed by atoms with van der Waals surface area (Å²) in [6.45, 7) is 0.778. The number of anilines is 1. The summed E-state index contributed by atoms with van der Waals surface area (Å²) in [5.41, 5.74) is 2.85. The molecule has 2 aromatic carbocycles. The van der Waals surface area contributed by atoms with Crippen LogP contribution in [0, 0.1) is 0 Å². The summed E-state index contributed by atoms with van der Waals surface area (Å²) >= 11 is 1.29. The van der Waals surface area contributed by atoms with E-state index in [1.807, 2.05) is 47.4 Å². The fourth-order valence-corrected chi connectivity index (χ4v) is 4.86. The van der Waals surface area contributed by atoms with Crippen molar-refractivity contribution in [2.24, 2.45) is 0 Å². The van der Waals surface area contributed by atoms with Gasteiger partial charge in [-0.15, -0.1) is 10.2 Å². The maximum atomic E-state index is 13.1. The Labute approximate surface area is 206 Å². The lowest BCUT2D eigenvalue weighted by molar-refractivity contribution is -0.116. The first-order valence-corrected chi connectivity index (χ1v) is 12.0. The molecule has 0 bridgehead atoms. The predicted molar refractivity (Wildman–Crippen MR) is 131 cm³/mol. The molecule has 4 aromatic rings. The second-order valence-corrected chi connectivity index (χ2v) is 8.72. The van der Waals surface area contributed by atoms with Crippen molar-refractivity contribution >= 4 is 29.3 Å². The number of carbonyl (C=O) groups excluding carboxylic acids is 2. The van der Waals surface area contributed by atoms with E-state index in [1.165, 1.54) is 23.6 Å². The minimum absolute atomic E-state index is 0.00204. The van der Waals surface area contributed by atoms with Crippen molar-refractivity contribution in [1.82, 2.24) is 20.1 Å². The quantitative estimate of drug-likeness (QED) is 0.378. The van der Waals surface area contributed by atoms with Crippen molar-refractivity contribution in [3.8, 4) is 11.4 Å². The lowest BCUT2D eigenvalue weighted by Crippen LogP contribution is -2.30. The number of benzene rings is 2. The molecule has 0 aliphatic carbocycles. The number of aromatic nitrogens is 3. The number of furan rings is 1. The summed E-state index contributed by atoms with van der Waals surface area (Å²) < 4.78 is 12.5. The number of hydrogen-bond acceptors (Lipinski definition) is 7. The number of nitrogens with one attached hydrogen (secondary N) is 1. The standard InChI is InChI=1S/C25H23N5O4S/c1-33-20-10-5-4-9-19(20)30-22(15-26-24(32)21-11-6-14-34-21)27-28-25(30)35-16-23(31)29-13-12-17-7-2-3-8-18(17)29/h2-11,14H,12-13,15-16H2,1H3,(H,26,32). The van der Waals surface area contributed by atoms with Gasteiger partial charge in [0.25, 0.3) is 5.91 Å². The lowest BCUT2D eigenvalue weighted by Gasteiger charge is -2.17. The number of amides is 2. The van der Waals surface area contributed by atoms with Gasteiger partial charge in [-0.3, -0.25) is 14.2 Å². The van der Waals surface area contributed by atoms with Crippen LogP contribution in [0.4, 0.5) is 5.69 Å². The normalized spacial score (nSPS) is 12.4. The number of fused-ring (bicyclic) bond motifs is 1. The molecule has 1 aliphatic heterocycles. The van der Waals surface area contributed by atoms with Gasteiger partial charge >= 0.3 is 0 Å². The summed E-state index contributed by atoms with van der Waals surface area (Å²) in [6, 6.07) is 18.7. The Bertz CT molecular complexity index is 1350. The molecular formula is C25H23N5O4S. The third kappa shape index (κ3) is 4.65. The van der Waals surface area contributed by atoms with Gasteiger partial charge in [0.15, 0.2) is 16.7 Å². The van der Waals surface area contributed by atoms with Crippen molar-refractivity contribution in [2.75, 3.05) is 24.3 Å². The number of nitrogens with zero attached hydrogens (tertiary/aromatic N) is 4. The molecule has 0 saturated carbocycles. The molecule has 0 fully saturated rings. The molecule has 5 rings (SSSR count). The number of thioether (sulfide) groups is 1. The summed E-state index contributed by atoms with van der Waals surface area (Å²) in [4.78, 5) is 27.3. The topological polar surface area (TPSA) is 102 Å². The molecule has 0 unspecified atom stereocenters. The molecule has 178 valence electrons. The Morgan fingerprint density at radius 1 is 1.06 bits per heavy atom. The van der Waals surface area contributed by atoms with Gasteiger partial charge in [0, 0.05) is 12.2 Å². The lowest BCUT2D eigenvalue weighted by atomic mass is 10.2. The molecule has 9 nitrogen and oxygen atoms in total. The highest BCUT2D eigenvalue weighted by Gasteiger charge is 2.25. The Morgan fingerprint density at radius 3 is 2.66 bits per heavy atom. The molecule has 10 heteroatoms. The van der Waals surface area contributed by atoms with Gasteiger partial charge in [-0.25, -0.2) is 0 Å². The van der Waals surface area contributed by atoms with Crippen LogP contribution in [-0.4, -0.2) is 46.0 Å². The van der Waals surface area contributed by atoms with Gasteiger partial charge in [0.1, 0.15) is 5.75 Å². The second-order valence-electron chi connectivity index (χ2n) is 7.78. The largest absolute Gasteiger partial charge is 0.495 e. The maximum Gasteiger partial charge on any atom is 0.287 e. The van der Waals surface area contributed by atoms with Gasteiger partial charge in [-0.2, -0.15) is 0 Å². The zero-order valence-electron chi connectivity index (χ0n) is 19.0. The number of carbonyl (C=O) groups is 2. The summed E-state index contributed by atoms with van der Waals surface area (Å²) in [5.74, 6) is 1.16. The van der Waals surface area contributed by atoms with E-state index >= 15 is 0 Å². The van der Waals surface area contributed by atoms with E-state index in [2.05, 4.69) is 21.6 Å². The SMILES string of the molecule is COc1ccccc1-n1c(CNC(=O)c2ccco2)nnc1SCC(=O)N1CCc2ccccc21. The smallest absolute Gasteiger partial charge is 0.287 e. The summed E-state index contributed by atoms with van der Waals surface area (Å²) in [6.07, 6.45) is 2.29. The number of methoxy groups -OCH3 is 1. The van der Waals surface area contributed by atoms with Crippen LogP contribution in [0.1, 0.15) is 21.9 Å². The highest BCUT2D eigenvalue weighted by molar-refractivity contribution is 7.99. The first-order chi connectivity index (χ1) is 17.2. The van der Waals surface area contributed by atoms with E-state index < -0.39 is 0 Å². The highest BCUT2D eigenvalue weighted by Crippen LogP contribution is 2.31. The van der Waals surface area contributed by atoms with Crippen molar-refractivity contribution < 1.29 is 18.7 Å². The van der Waals surface area contributed by atoms with Gasteiger partial charge in [-0.1, -0.05) is 42.1 Å². The maximum absolute atomic E-state index is 13.1. The molecule has 0 spiro atoms. The molecule has 3 heterocycles. The third-order valence-corrected chi connectivity index (χ3v) is 6.61. The molecule has 2 amide bonds. The number of para-hydroxylation sites is 3. The van der Waals surface area contributed by atoms with E-state index in [0.717, 1.165) is 12.1 Å². The third-order valence-electron chi connectivity index (χ3n) is 5.69. The van der Waals surface area contributed by atoms with Gasteiger partial charge in [0.2, 0.25) is 5.91 Å². The van der Waals surface area contributed by atoms with Crippen molar-refractivity contribution in [2.45, 2.75) is 18.1 Å². The van der Waals surface area contributed by atoms with Crippen LogP contribution in [0.3, 0.4) is 0 Å². The van der Waals surface area contributed by atoms with Gasteiger partial charge in [0.05, 0.1) is 31.4 Å². The molecule has 0 atom stereocenters. The number of hydrogen-bond donors (Lipinski definition) is 1. The van der Waals surface area contributed by atoms with Crippen LogP contribution >= 0.6 is 11.8 Å². The van der Waals surface area contributed by atoms with Crippen LogP contribution in [0.2, 0.25) is 0 Å². The zero-order chi connectivity index (χ0) is 24.2. The van der Waals surface area contributed by atoms with Crippen molar-refractivity contribution in [3.63, 3.8) is 0 Å².